The molecule has 0 spiro atoms. The van der Waals surface area contributed by atoms with Gasteiger partial charge in [0, 0.05) is 13.6 Å². The lowest BCUT2D eigenvalue weighted by Gasteiger charge is -2.15. The van der Waals surface area contributed by atoms with Gasteiger partial charge in [-0.25, -0.2) is 5.84 Å². The van der Waals surface area contributed by atoms with E-state index in [1.54, 1.807) is 12.5 Å². The van der Waals surface area contributed by atoms with Gasteiger partial charge in [-0.05, 0) is 5.56 Å². The van der Waals surface area contributed by atoms with Gasteiger partial charge in [-0.1, -0.05) is 30.3 Å². The molecule has 0 bridgehead atoms. The van der Waals surface area contributed by atoms with Gasteiger partial charge in [-0.2, -0.15) is 0 Å². The summed E-state index contributed by atoms with van der Waals surface area (Å²) in [7, 11) is 1.55. The van der Waals surface area contributed by atoms with Crippen molar-refractivity contribution in [3.05, 3.63) is 35.9 Å². The second kappa shape index (κ2) is 5.11. The molecule has 15 heavy (non-hydrogen) atoms. The van der Waals surface area contributed by atoms with E-state index in [9.17, 15) is 9.59 Å². The number of hydrogen-bond donors (Lipinski definition) is 2. The van der Waals surface area contributed by atoms with Gasteiger partial charge in [-0.3, -0.25) is 15.0 Å². The van der Waals surface area contributed by atoms with Crippen molar-refractivity contribution in [2.75, 3.05) is 7.05 Å². The highest BCUT2D eigenvalue weighted by Gasteiger charge is 2.16. The molecule has 1 aromatic rings. The van der Waals surface area contributed by atoms with E-state index in [1.807, 2.05) is 30.3 Å². The van der Waals surface area contributed by atoms with Crippen LogP contribution in [0, 0.1) is 0 Å². The zero-order chi connectivity index (χ0) is 11.3. The first-order valence-corrected chi connectivity index (χ1v) is 4.45. The molecule has 0 aliphatic heterocycles. The third-order valence-corrected chi connectivity index (χ3v) is 1.93. The molecule has 5 nitrogen and oxygen atoms in total. The lowest BCUT2D eigenvalue weighted by Crippen LogP contribution is -2.43. The zero-order valence-electron chi connectivity index (χ0n) is 8.43. The fourth-order valence-corrected chi connectivity index (χ4v) is 1.16. The van der Waals surface area contributed by atoms with Gasteiger partial charge in [-0.15, -0.1) is 0 Å². The Bertz CT molecular complexity index is 351. The molecule has 1 rings (SSSR count). The number of hydrazine groups is 1. The van der Waals surface area contributed by atoms with Gasteiger partial charge >= 0.3 is 11.8 Å². The number of rotatable bonds is 2. The highest BCUT2D eigenvalue weighted by molar-refractivity contribution is 6.34. The van der Waals surface area contributed by atoms with E-state index in [1.165, 1.54) is 4.90 Å². The van der Waals surface area contributed by atoms with Crippen molar-refractivity contribution >= 4 is 11.8 Å². The highest BCUT2D eigenvalue weighted by atomic mass is 16.2. The quantitative estimate of drug-likeness (QED) is 0.301. The van der Waals surface area contributed by atoms with Crippen LogP contribution in [0.5, 0.6) is 0 Å². The van der Waals surface area contributed by atoms with Crippen molar-refractivity contribution in [2.24, 2.45) is 5.84 Å². The second-order valence-electron chi connectivity index (χ2n) is 3.12. The second-order valence-corrected chi connectivity index (χ2v) is 3.12. The summed E-state index contributed by atoms with van der Waals surface area (Å²) in [5.41, 5.74) is 2.76. The SMILES string of the molecule is CN(Cc1ccccc1)C(=O)C(=O)NN. The third-order valence-electron chi connectivity index (χ3n) is 1.93. The first-order chi connectivity index (χ1) is 7.15. The average Bonchev–Trinajstić information content (AvgIpc) is 2.28. The fraction of sp³-hybridized carbons (Fsp3) is 0.200. The number of nitrogens with two attached hydrogens (primary N) is 1. The number of carbonyl (C=O) groups is 2. The molecule has 1 aromatic carbocycles. The van der Waals surface area contributed by atoms with Gasteiger partial charge < -0.3 is 4.90 Å². The molecule has 80 valence electrons. The number of benzene rings is 1. The Morgan fingerprint density at radius 1 is 1.33 bits per heavy atom. The van der Waals surface area contributed by atoms with Crippen LogP contribution in [0.15, 0.2) is 30.3 Å². The van der Waals surface area contributed by atoms with Crippen LogP contribution < -0.4 is 11.3 Å². The summed E-state index contributed by atoms with van der Waals surface area (Å²) >= 11 is 0. The molecule has 3 N–H and O–H groups in total. The first kappa shape index (κ1) is 11.2. The Morgan fingerprint density at radius 3 is 2.47 bits per heavy atom. The fourth-order valence-electron chi connectivity index (χ4n) is 1.16. The van der Waals surface area contributed by atoms with Crippen molar-refractivity contribution in [3.63, 3.8) is 0 Å². The Morgan fingerprint density at radius 2 is 1.93 bits per heavy atom. The van der Waals surface area contributed by atoms with Crippen LogP contribution >= 0.6 is 0 Å². The highest BCUT2D eigenvalue weighted by Crippen LogP contribution is 2.02. The van der Waals surface area contributed by atoms with E-state index in [0.29, 0.717) is 6.54 Å². The van der Waals surface area contributed by atoms with E-state index in [-0.39, 0.29) is 0 Å². The molecule has 0 saturated heterocycles. The summed E-state index contributed by atoms with van der Waals surface area (Å²) in [5.74, 6) is 3.39. The van der Waals surface area contributed by atoms with E-state index >= 15 is 0 Å². The summed E-state index contributed by atoms with van der Waals surface area (Å²) in [6, 6.07) is 9.39. The van der Waals surface area contributed by atoms with Gasteiger partial charge in [0.1, 0.15) is 0 Å². The average molecular weight is 207 g/mol. The van der Waals surface area contributed by atoms with E-state index in [2.05, 4.69) is 0 Å². The third kappa shape index (κ3) is 3.07. The number of hydrogen-bond acceptors (Lipinski definition) is 3. The summed E-state index contributed by atoms with van der Waals surface area (Å²) in [5, 5.41) is 0. The minimum atomic E-state index is -0.812. The molecule has 0 aromatic heterocycles. The Balaban J connectivity index is 2.60. The minimum Gasteiger partial charge on any atom is -0.333 e. The molecule has 0 radical (unpaired) electrons. The Kier molecular flexibility index (Phi) is 3.82. The van der Waals surface area contributed by atoms with Crippen LogP contribution in [0.3, 0.4) is 0 Å². The summed E-state index contributed by atoms with van der Waals surface area (Å²) < 4.78 is 0. The van der Waals surface area contributed by atoms with Crippen LogP contribution in [0.1, 0.15) is 5.56 Å². The van der Waals surface area contributed by atoms with Gasteiger partial charge in [0.25, 0.3) is 0 Å². The van der Waals surface area contributed by atoms with E-state index in [0.717, 1.165) is 5.56 Å². The van der Waals surface area contributed by atoms with Crippen molar-refractivity contribution < 1.29 is 9.59 Å². The monoisotopic (exact) mass is 207 g/mol. The topological polar surface area (TPSA) is 75.4 Å². The molecule has 0 atom stereocenters. The summed E-state index contributed by atoms with van der Waals surface area (Å²) in [6.07, 6.45) is 0. The maximum absolute atomic E-state index is 11.3. The van der Waals surface area contributed by atoms with Crippen molar-refractivity contribution in [2.45, 2.75) is 6.54 Å². The summed E-state index contributed by atoms with van der Waals surface area (Å²) in [6.45, 7) is 0.382. The first-order valence-electron chi connectivity index (χ1n) is 4.45. The molecule has 0 aliphatic carbocycles. The molecule has 0 aliphatic rings. The predicted molar refractivity (Wildman–Crippen MR) is 55.2 cm³/mol. The Hall–Kier alpha value is -1.88. The smallest absolute Gasteiger partial charge is 0.323 e. The van der Waals surface area contributed by atoms with Crippen LogP contribution in [0.4, 0.5) is 0 Å². The lowest BCUT2D eigenvalue weighted by atomic mass is 10.2. The molecule has 0 fully saturated rings. The predicted octanol–water partition coefficient (Wildman–Crippen LogP) is -0.365. The molecular formula is C10H13N3O2. The summed E-state index contributed by atoms with van der Waals surface area (Å²) in [4.78, 5) is 23.5. The molecule has 0 saturated carbocycles. The standard InChI is InChI=1S/C10H13N3O2/c1-13(10(15)9(14)12-11)7-8-5-3-2-4-6-8/h2-6H,7,11H2,1H3,(H,12,14). The van der Waals surface area contributed by atoms with Gasteiger partial charge in [0.2, 0.25) is 0 Å². The maximum atomic E-state index is 11.3. The normalized spacial score (nSPS) is 9.47. The van der Waals surface area contributed by atoms with Crippen LogP contribution in [-0.4, -0.2) is 23.8 Å². The molecule has 2 amide bonds. The van der Waals surface area contributed by atoms with Crippen LogP contribution in [0.2, 0.25) is 0 Å². The molecule has 0 unspecified atom stereocenters. The molecule has 0 heterocycles. The van der Waals surface area contributed by atoms with Crippen molar-refractivity contribution in [1.29, 1.82) is 0 Å². The number of nitrogens with one attached hydrogen (secondary N) is 1. The van der Waals surface area contributed by atoms with Crippen molar-refractivity contribution in [3.8, 4) is 0 Å². The van der Waals surface area contributed by atoms with Crippen LogP contribution in [-0.2, 0) is 16.1 Å². The van der Waals surface area contributed by atoms with Gasteiger partial charge in [0.15, 0.2) is 0 Å². The Labute approximate surface area is 87.8 Å². The van der Waals surface area contributed by atoms with E-state index < -0.39 is 11.8 Å². The molecular weight excluding hydrogens is 194 g/mol. The number of amides is 2. The minimum absolute atomic E-state index is 0.382. The number of nitrogens with zero attached hydrogens (tertiary/aromatic N) is 1. The lowest BCUT2D eigenvalue weighted by molar-refractivity contribution is -0.145. The van der Waals surface area contributed by atoms with Crippen molar-refractivity contribution in [1.82, 2.24) is 10.3 Å². The van der Waals surface area contributed by atoms with Gasteiger partial charge in [0.05, 0.1) is 0 Å². The largest absolute Gasteiger partial charge is 0.333 e. The maximum Gasteiger partial charge on any atom is 0.323 e. The number of likely N-dealkylation sites (N-methyl/N-ethyl adjacent to an activating group) is 1. The van der Waals surface area contributed by atoms with Crippen LogP contribution in [0.25, 0.3) is 0 Å². The molecule has 5 heteroatoms. The van der Waals surface area contributed by atoms with E-state index in [4.69, 9.17) is 5.84 Å². The zero-order valence-corrected chi connectivity index (χ0v) is 8.43. The number of carbonyl (C=O) groups excluding carboxylic acids is 2.